The number of ketones is 1. The average Bonchev–Trinajstić information content (AvgIpc) is 2.45. The predicted molar refractivity (Wildman–Crippen MR) is 76.4 cm³/mol. The average molecular weight is 279 g/mol. The molecule has 20 heavy (non-hydrogen) atoms. The molecule has 0 aliphatic heterocycles. The minimum atomic E-state index is -0.113. The third kappa shape index (κ3) is 3.98. The summed E-state index contributed by atoms with van der Waals surface area (Å²) in [5, 5.41) is 0. The fourth-order valence-electron chi connectivity index (χ4n) is 1.85. The van der Waals surface area contributed by atoms with E-state index in [9.17, 15) is 9.59 Å². The lowest BCUT2D eigenvalue weighted by molar-refractivity contribution is -0.132. The first-order chi connectivity index (χ1) is 9.53. The summed E-state index contributed by atoms with van der Waals surface area (Å²) in [5.74, 6) is 0.739. The van der Waals surface area contributed by atoms with Crippen LogP contribution in [0.15, 0.2) is 18.2 Å². The molecule has 0 unspecified atom stereocenters. The maximum Gasteiger partial charge on any atom is 0.260 e. The molecule has 5 heteroatoms. The van der Waals surface area contributed by atoms with Gasteiger partial charge in [-0.05, 0) is 32.9 Å². The Morgan fingerprint density at radius 2 is 1.85 bits per heavy atom. The zero-order valence-corrected chi connectivity index (χ0v) is 12.4. The van der Waals surface area contributed by atoms with Crippen LogP contribution in [-0.2, 0) is 4.79 Å². The number of likely N-dealkylation sites (N-methyl/N-ethyl adjacent to an activating group) is 1. The van der Waals surface area contributed by atoms with Gasteiger partial charge in [0.15, 0.2) is 12.4 Å². The van der Waals surface area contributed by atoms with E-state index in [1.807, 2.05) is 13.8 Å². The summed E-state index contributed by atoms with van der Waals surface area (Å²) in [6.45, 7) is 6.46. The minimum Gasteiger partial charge on any atom is -0.497 e. The van der Waals surface area contributed by atoms with Gasteiger partial charge in [-0.2, -0.15) is 0 Å². The van der Waals surface area contributed by atoms with Gasteiger partial charge in [0, 0.05) is 19.2 Å². The highest BCUT2D eigenvalue weighted by molar-refractivity contribution is 5.97. The van der Waals surface area contributed by atoms with Crippen molar-refractivity contribution >= 4 is 11.7 Å². The van der Waals surface area contributed by atoms with Crippen LogP contribution < -0.4 is 9.47 Å². The van der Waals surface area contributed by atoms with Crippen LogP contribution in [0.4, 0.5) is 0 Å². The van der Waals surface area contributed by atoms with Crippen LogP contribution >= 0.6 is 0 Å². The molecule has 0 bridgehead atoms. The number of methoxy groups -OCH3 is 1. The van der Waals surface area contributed by atoms with Gasteiger partial charge in [-0.15, -0.1) is 0 Å². The Bertz CT molecular complexity index is 481. The highest BCUT2D eigenvalue weighted by Crippen LogP contribution is 2.25. The summed E-state index contributed by atoms with van der Waals surface area (Å²) in [6, 6.07) is 4.94. The molecule has 1 aromatic carbocycles. The van der Waals surface area contributed by atoms with Gasteiger partial charge in [-0.25, -0.2) is 0 Å². The van der Waals surface area contributed by atoms with Crippen LogP contribution in [0.25, 0.3) is 0 Å². The highest BCUT2D eigenvalue weighted by Gasteiger charge is 2.14. The largest absolute Gasteiger partial charge is 0.497 e. The Hall–Kier alpha value is -2.04. The SMILES string of the molecule is CCN(CC)C(=O)COc1cc(OC)ccc1C(C)=O. The highest BCUT2D eigenvalue weighted by atomic mass is 16.5. The van der Waals surface area contributed by atoms with Crippen molar-refractivity contribution in [1.82, 2.24) is 4.90 Å². The third-order valence-corrected chi connectivity index (χ3v) is 3.04. The van der Waals surface area contributed by atoms with E-state index in [4.69, 9.17) is 9.47 Å². The maximum absolute atomic E-state index is 11.9. The second-order valence-electron chi connectivity index (χ2n) is 4.27. The molecule has 0 aliphatic rings. The van der Waals surface area contributed by atoms with Gasteiger partial charge in [-0.1, -0.05) is 0 Å². The molecular weight excluding hydrogens is 258 g/mol. The topological polar surface area (TPSA) is 55.8 Å². The van der Waals surface area contributed by atoms with Crippen LogP contribution in [-0.4, -0.2) is 43.4 Å². The van der Waals surface area contributed by atoms with Gasteiger partial charge in [0.25, 0.3) is 5.91 Å². The second-order valence-corrected chi connectivity index (χ2v) is 4.27. The molecule has 0 radical (unpaired) electrons. The van der Waals surface area contributed by atoms with Crippen molar-refractivity contribution in [2.45, 2.75) is 20.8 Å². The Kier molecular flexibility index (Phi) is 6.03. The van der Waals surface area contributed by atoms with Crippen molar-refractivity contribution < 1.29 is 19.1 Å². The molecule has 0 saturated carbocycles. The Morgan fingerprint density at radius 3 is 2.35 bits per heavy atom. The monoisotopic (exact) mass is 279 g/mol. The number of rotatable bonds is 7. The van der Waals surface area contributed by atoms with E-state index >= 15 is 0 Å². The molecule has 1 amide bonds. The first-order valence-corrected chi connectivity index (χ1v) is 6.63. The smallest absolute Gasteiger partial charge is 0.260 e. The van der Waals surface area contributed by atoms with Gasteiger partial charge < -0.3 is 14.4 Å². The van der Waals surface area contributed by atoms with E-state index in [2.05, 4.69) is 0 Å². The number of amides is 1. The van der Waals surface area contributed by atoms with Crippen molar-refractivity contribution in [3.05, 3.63) is 23.8 Å². The quantitative estimate of drug-likeness (QED) is 0.718. The van der Waals surface area contributed by atoms with Gasteiger partial charge in [0.05, 0.1) is 12.7 Å². The number of carbonyl (C=O) groups is 2. The molecule has 0 fully saturated rings. The molecule has 0 aliphatic carbocycles. The van der Waals surface area contributed by atoms with Crippen LogP contribution in [0.2, 0.25) is 0 Å². The summed E-state index contributed by atoms with van der Waals surface area (Å²) in [6.07, 6.45) is 0. The standard InChI is InChI=1S/C15H21NO4/c1-5-16(6-2)15(18)10-20-14-9-12(19-4)7-8-13(14)11(3)17/h7-9H,5-6,10H2,1-4H3. The Labute approximate surface area is 119 Å². The second kappa shape index (κ2) is 7.53. The number of carbonyl (C=O) groups excluding carboxylic acids is 2. The maximum atomic E-state index is 11.9. The number of ether oxygens (including phenoxy) is 2. The number of benzene rings is 1. The van der Waals surface area contributed by atoms with Crippen molar-refractivity contribution in [3.63, 3.8) is 0 Å². The molecule has 0 N–H and O–H groups in total. The van der Waals surface area contributed by atoms with Crippen molar-refractivity contribution in [3.8, 4) is 11.5 Å². The number of nitrogens with zero attached hydrogens (tertiary/aromatic N) is 1. The summed E-state index contributed by atoms with van der Waals surface area (Å²) in [7, 11) is 1.54. The van der Waals surface area contributed by atoms with E-state index in [1.54, 1.807) is 23.1 Å². The van der Waals surface area contributed by atoms with Gasteiger partial charge in [0.1, 0.15) is 11.5 Å². The first kappa shape index (κ1) is 16.0. The van der Waals surface area contributed by atoms with E-state index in [-0.39, 0.29) is 18.3 Å². The molecule has 1 rings (SSSR count). The lowest BCUT2D eigenvalue weighted by Gasteiger charge is -2.19. The molecule has 0 aromatic heterocycles. The Morgan fingerprint density at radius 1 is 1.20 bits per heavy atom. The summed E-state index contributed by atoms with van der Waals surface area (Å²) in [5.41, 5.74) is 0.443. The van der Waals surface area contributed by atoms with Crippen molar-refractivity contribution in [1.29, 1.82) is 0 Å². The molecule has 5 nitrogen and oxygen atoms in total. The fourth-order valence-corrected chi connectivity index (χ4v) is 1.85. The summed E-state index contributed by atoms with van der Waals surface area (Å²) >= 11 is 0. The normalized spacial score (nSPS) is 10.0. The molecule has 1 aromatic rings. The van der Waals surface area contributed by atoms with Crippen molar-refractivity contribution in [2.24, 2.45) is 0 Å². The molecule has 0 saturated heterocycles. The minimum absolute atomic E-state index is 0.0882. The van der Waals surface area contributed by atoms with E-state index < -0.39 is 0 Å². The van der Waals surface area contributed by atoms with E-state index in [0.717, 1.165) is 0 Å². The number of hydrogen-bond donors (Lipinski definition) is 0. The zero-order valence-electron chi connectivity index (χ0n) is 12.4. The molecule has 110 valence electrons. The van der Waals surface area contributed by atoms with Crippen LogP contribution in [0.1, 0.15) is 31.1 Å². The van der Waals surface area contributed by atoms with Gasteiger partial charge in [0.2, 0.25) is 0 Å². The van der Waals surface area contributed by atoms with E-state index in [1.165, 1.54) is 14.0 Å². The summed E-state index contributed by atoms with van der Waals surface area (Å²) < 4.78 is 10.6. The summed E-state index contributed by atoms with van der Waals surface area (Å²) in [4.78, 5) is 25.1. The van der Waals surface area contributed by atoms with Gasteiger partial charge in [-0.3, -0.25) is 9.59 Å². The fraction of sp³-hybridized carbons (Fsp3) is 0.467. The number of hydrogen-bond acceptors (Lipinski definition) is 4. The molecular formula is C15H21NO4. The lowest BCUT2D eigenvalue weighted by atomic mass is 10.1. The van der Waals surface area contributed by atoms with Crippen LogP contribution in [0.5, 0.6) is 11.5 Å². The van der Waals surface area contributed by atoms with Gasteiger partial charge >= 0.3 is 0 Å². The third-order valence-electron chi connectivity index (χ3n) is 3.04. The zero-order chi connectivity index (χ0) is 15.1. The van der Waals surface area contributed by atoms with Crippen LogP contribution in [0, 0.1) is 0 Å². The Balaban J connectivity index is 2.85. The number of Topliss-reactive ketones (excluding diaryl/α,β-unsaturated/α-hetero) is 1. The van der Waals surface area contributed by atoms with E-state index in [0.29, 0.717) is 30.2 Å². The lowest BCUT2D eigenvalue weighted by Crippen LogP contribution is -2.34. The predicted octanol–water partition coefficient (Wildman–Crippen LogP) is 2.14. The molecule has 0 heterocycles. The van der Waals surface area contributed by atoms with Crippen LogP contribution in [0.3, 0.4) is 0 Å². The molecule has 0 spiro atoms. The van der Waals surface area contributed by atoms with Crippen molar-refractivity contribution in [2.75, 3.05) is 26.8 Å². The molecule has 0 atom stereocenters. The first-order valence-electron chi connectivity index (χ1n) is 6.63.